The lowest BCUT2D eigenvalue weighted by Gasteiger charge is -2.08. The Balaban J connectivity index is 1.86. The van der Waals surface area contributed by atoms with Crippen LogP contribution in [0.15, 0.2) is 36.7 Å². The second kappa shape index (κ2) is 7.10. The van der Waals surface area contributed by atoms with Gasteiger partial charge in [-0.2, -0.15) is 0 Å². The highest BCUT2D eigenvalue weighted by Crippen LogP contribution is 2.22. The van der Waals surface area contributed by atoms with E-state index in [0.717, 1.165) is 22.2 Å². The number of aromatic nitrogens is 3. The molecule has 2 heterocycles. The van der Waals surface area contributed by atoms with E-state index in [9.17, 15) is 4.79 Å². The Morgan fingerprint density at radius 3 is 3.00 bits per heavy atom. The van der Waals surface area contributed by atoms with Crippen LogP contribution in [0.4, 0.5) is 10.6 Å². The minimum absolute atomic E-state index is 0.0809. The van der Waals surface area contributed by atoms with Crippen LogP contribution in [0.1, 0.15) is 24.0 Å². The van der Waals surface area contributed by atoms with Crippen molar-refractivity contribution in [3.05, 3.63) is 53.7 Å². The molecule has 0 atom stereocenters. The highest BCUT2D eigenvalue weighted by Gasteiger charge is 2.08. The van der Waals surface area contributed by atoms with E-state index in [1.165, 1.54) is 0 Å². The summed E-state index contributed by atoms with van der Waals surface area (Å²) in [5.74, 6) is 1.29. The minimum Gasteiger partial charge on any atom is -0.390 e. The number of aliphatic hydroxyl groups is 1. The first-order valence-electron chi connectivity index (χ1n) is 7.76. The zero-order valence-electron chi connectivity index (χ0n) is 13.3. The van der Waals surface area contributed by atoms with Gasteiger partial charge in [0.15, 0.2) is 0 Å². The van der Waals surface area contributed by atoms with E-state index in [1.54, 1.807) is 12.4 Å². The van der Waals surface area contributed by atoms with Gasteiger partial charge in [0.1, 0.15) is 11.6 Å². The van der Waals surface area contributed by atoms with Crippen molar-refractivity contribution in [3.63, 3.8) is 0 Å². The molecule has 0 radical (unpaired) electrons. The van der Waals surface area contributed by atoms with Crippen LogP contribution in [0.2, 0.25) is 0 Å². The Hall–Kier alpha value is -2.93. The molecule has 4 N–H and O–H groups in total. The van der Waals surface area contributed by atoms with Crippen molar-refractivity contribution < 1.29 is 9.90 Å². The molecule has 0 aliphatic heterocycles. The fourth-order valence-electron chi connectivity index (χ4n) is 2.53. The van der Waals surface area contributed by atoms with Crippen LogP contribution in [0.3, 0.4) is 0 Å². The van der Waals surface area contributed by atoms with Gasteiger partial charge in [0.25, 0.3) is 0 Å². The number of carbonyl (C=O) groups excluding carboxylic acids is 1. The number of rotatable bonds is 5. The predicted octanol–water partition coefficient (Wildman–Crippen LogP) is 2.18. The molecule has 7 nitrogen and oxygen atoms in total. The van der Waals surface area contributed by atoms with Crippen LogP contribution in [-0.4, -0.2) is 32.6 Å². The van der Waals surface area contributed by atoms with Crippen LogP contribution in [-0.2, 0) is 13.0 Å². The molecule has 3 aromatic rings. The quantitative estimate of drug-likeness (QED) is 0.577. The SMILES string of the molecule is CCNC(=O)Nc1cc2cccc(Cc3nc(CO)c[nH]3)c2cn1. The molecule has 1 aromatic carbocycles. The largest absolute Gasteiger partial charge is 0.390 e. The van der Waals surface area contributed by atoms with Crippen molar-refractivity contribution in [2.24, 2.45) is 0 Å². The molecule has 0 bridgehead atoms. The zero-order chi connectivity index (χ0) is 16.9. The fraction of sp³-hybridized carbons (Fsp3) is 0.235. The maximum Gasteiger partial charge on any atom is 0.320 e. The molecule has 0 fully saturated rings. The minimum atomic E-state index is -0.271. The fourth-order valence-corrected chi connectivity index (χ4v) is 2.53. The molecule has 0 unspecified atom stereocenters. The number of carbonyl (C=O) groups is 1. The number of fused-ring (bicyclic) bond motifs is 1. The standard InChI is InChI=1S/C17H19N5O2/c1-2-18-17(24)22-16-7-12-5-3-4-11(14(12)9-20-16)6-15-19-8-13(10-23)21-15/h3-5,7-9,23H,2,6,10H2,1H3,(H,19,21)(H2,18,20,22,24). The van der Waals surface area contributed by atoms with Crippen molar-refractivity contribution in [1.82, 2.24) is 20.3 Å². The van der Waals surface area contributed by atoms with Gasteiger partial charge in [0, 0.05) is 30.7 Å². The third-order valence-electron chi connectivity index (χ3n) is 3.64. The van der Waals surface area contributed by atoms with Crippen LogP contribution in [0.25, 0.3) is 10.8 Å². The number of benzene rings is 1. The Morgan fingerprint density at radius 1 is 1.38 bits per heavy atom. The molecule has 124 valence electrons. The summed E-state index contributed by atoms with van der Waals surface area (Å²) in [7, 11) is 0. The number of hydrogen-bond donors (Lipinski definition) is 4. The van der Waals surface area contributed by atoms with Crippen molar-refractivity contribution in [1.29, 1.82) is 0 Å². The van der Waals surface area contributed by atoms with Crippen LogP contribution in [0, 0.1) is 0 Å². The number of aromatic amines is 1. The van der Waals surface area contributed by atoms with Gasteiger partial charge in [-0.05, 0) is 23.9 Å². The van der Waals surface area contributed by atoms with Crippen molar-refractivity contribution >= 4 is 22.6 Å². The van der Waals surface area contributed by atoms with Gasteiger partial charge < -0.3 is 15.4 Å². The van der Waals surface area contributed by atoms with E-state index >= 15 is 0 Å². The van der Waals surface area contributed by atoms with Gasteiger partial charge in [0.05, 0.1) is 12.3 Å². The number of H-pyrrole nitrogens is 1. The molecule has 2 amide bonds. The van der Waals surface area contributed by atoms with E-state index in [-0.39, 0.29) is 12.6 Å². The lowest BCUT2D eigenvalue weighted by molar-refractivity contribution is 0.252. The lowest BCUT2D eigenvalue weighted by Crippen LogP contribution is -2.28. The summed E-state index contributed by atoms with van der Waals surface area (Å²) in [5, 5.41) is 16.5. The highest BCUT2D eigenvalue weighted by atomic mass is 16.3. The molecule has 24 heavy (non-hydrogen) atoms. The maximum absolute atomic E-state index is 11.6. The normalized spacial score (nSPS) is 10.8. The van der Waals surface area contributed by atoms with E-state index < -0.39 is 0 Å². The van der Waals surface area contributed by atoms with Gasteiger partial charge in [-0.3, -0.25) is 5.32 Å². The topological polar surface area (TPSA) is 103 Å². The van der Waals surface area contributed by atoms with Gasteiger partial charge in [-0.15, -0.1) is 0 Å². The third kappa shape index (κ3) is 3.52. The second-order valence-electron chi connectivity index (χ2n) is 5.37. The molecule has 0 aliphatic carbocycles. The molecular formula is C17H19N5O2. The Morgan fingerprint density at radius 2 is 2.25 bits per heavy atom. The van der Waals surface area contributed by atoms with Gasteiger partial charge in [-0.1, -0.05) is 18.2 Å². The summed E-state index contributed by atoms with van der Waals surface area (Å²) in [5.41, 5.74) is 1.69. The Labute approximate surface area is 139 Å². The first-order valence-corrected chi connectivity index (χ1v) is 7.76. The Bertz CT molecular complexity index is 859. The first kappa shape index (κ1) is 15.9. The molecular weight excluding hydrogens is 306 g/mol. The predicted molar refractivity (Wildman–Crippen MR) is 91.8 cm³/mol. The van der Waals surface area contributed by atoms with Gasteiger partial charge >= 0.3 is 6.03 Å². The number of aliphatic hydroxyl groups excluding tert-OH is 1. The monoisotopic (exact) mass is 325 g/mol. The summed E-state index contributed by atoms with van der Waals surface area (Å²) >= 11 is 0. The average Bonchev–Trinajstić information content (AvgIpc) is 3.03. The van der Waals surface area contributed by atoms with E-state index in [0.29, 0.717) is 24.5 Å². The summed E-state index contributed by atoms with van der Waals surface area (Å²) < 4.78 is 0. The maximum atomic E-state index is 11.6. The lowest BCUT2D eigenvalue weighted by atomic mass is 10.0. The summed E-state index contributed by atoms with van der Waals surface area (Å²) in [6, 6.07) is 7.53. The number of nitrogens with zero attached hydrogens (tertiary/aromatic N) is 2. The highest BCUT2D eigenvalue weighted by molar-refractivity contribution is 5.92. The molecule has 0 saturated heterocycles. The van der Waals surface area contributed by atoms with E-state index in [2.05, 4.69) is 25.6 Å². The van der Waals surface area contributed by atoms with Crippen LogP contribution in [0.5, 0.6) is 0 Å². The number of hydrogen-bond acceptors (Lipinski definition) is 4. The molecule has 3 rings (SSSR count). The number of anilines is 1. The second-order valence-corrected chi connectivity index (χ2v) is 5.37. The number of urea groups is 1. The number of imidazole rings is 1. The molecule has 7 heteroatoms. The van der Waals surface area contributed by atoms with Gasteiger partial charge in [-0.25, -0.2) is 14.8 Å². The molecule has 2 aromatic heterocycles. The number of amides is 2. The van der Waals surface area contributed by atoms with E-state index in [4.69, 9.17) is 5.11 Å². The van der Waals surface area contributed by atoms with Crippen LogP contribution >= 0.6 is 0 Å². The van der Waals surface area contributed by atoms with Crippen LogP contribution < -0.4 is 10.6 Å². The zero-order valence-corrected chi connectivity index (χ0v) is 13.3. The van der Waals surface area contributed by atoms with Crippen molar-refractivity contribution in [2.45, 2.75) is 20.0 Å². The summed E-state index contributed by atoms with van der Waals surface area (Å²) in [6.45, 7) is 2.33. The summed E-state index contributed by atoms with van der Waals surface area (Å²) in [6.07, 6.45) is 4.07. The smallest absolute Gasteiger partial charge is 0.320 e. The number of nitrogens with one attached hydrogen (secondary N) is 3. The molecule has 0 spiro atoms. The van der Waals surface area contributed by atoms with Crippen molar-refractivity contribution in [2.75, 3.05) is 11.9 Å². The van der Waals surface area contributed by atoms with Crippen molar-refractivity contribution in [3.8, 4) is 0 Å². The number of pyridine rings is 1. The molecule has 0 aliphatic rings. The first-order chi connectivity index (χ1) is 11.7. The molecule has 0 saturated carbocycles. The van der Waals surface area contributed by atoms with Gasteiger partial charge in [0.2, 0.25) is 0 Å². The Kier molecular flexibility index (Phi) is 4.72. The summed E-state index contributed by atoms with van der Waals surface area (Å²) in [4.78, 5) is 23.3. The third-order valence-corrected chi connectivity index (χ3v) is 3.64. The average molecular weight is 325 g/mol. The van der Waals surface area contributed by atoms with E-state index in [1.807, 2.05) is 31.2 Å².